The molecule has 0 saturated heterocycles. The van der Waals surface area contributed by atoms with Crippen LogP contribution >= 0.6 is 11.8 Å². The van der Waals surface area contributed by atoms with Crippen LogP contribution in [0.5, 0.6) is 0 Å². The molecule has 1 aromatic rings. The second-order valence-corrected chi connectivity index (χ2v) is 6.00. The van der Waals surface area contributed by atoms with E-state index in [9.17, 15) is 0 Å². The third kappa shape index (κ3) is 3.84. The summed E-state index contributed by atoms with van der Waals surface area (Å²) >= 11 is 2.01. The number of hydrogen-bond acceptors (Lipinski definition) is 2. The third-order valence-electron chi connectivity index (χ3n) is 2.93. The van der Waals surface area contributed by atoms with Gasteiger partial charge in [-0.25, -0.2) is 0 Å². The lowest BCUT2D eigenvalue weighted by molar-refractivity contribution is 0.822. The summed E-state index contributed by atoms with van der Waals surface area (Å²) in [6.45, 7) is 9.64. The van der Waals surface area contributed by atoms with Crippen molar-refractivity contribution < 1.29 is 0 Å². The molecule has 1 unspecified atom stereocenters. The van der Waals surface area contributed by atoms with Gasteiger partial charge in [0.2, 0.25) is 0 Å². The van der Waals surface area contributed by atoms with Gasteiger partial charge in [-0.3, -0.25) is 0 Å². The Bertz CT molecular complexity index is 324. The molecule has 0 spiro atoms. The SMILES string of the molecule is Cc1cc(C)c(CSC(C)CCN)c(C)c1. The molecule has 1 nitrogen and oxygen atoms in total. The van der Waals surface area contributed by atoms with Crippen molar-refractivity contribution in [2.75, 3.05) is 6.54 Å². The largest absolute Gasteiger partial charge is 0.330 e. The lowest BCUT2D eigenvalue weighted by Crippen LogP contribution is -2.07. The molecule has 0 saturated carbocycles. The first-order chi connectivity index (χ1) is 7.54. The van der Waals surface area contributed by atoms with E-state index in [-0.39, 0.29) is 0 Å². The van der Waals surface area contributed by atoms with Crippen LogP contribution in [0, 0.1) is 20.8 Å². The van der Waals surface area contributed by atoms with Gasteiger partial charge < -0.3 is 5.73 Å². The first-order valence-electron chi connectivity index (χ1n) is 5.93. The Morgan fingerprint density at radius 2 is 1.75 bits per heavy atom. The molecular weight excluding hydrogens is 214 g/mol. The van der Waals surface area contributed by atoms with Gasteiger partial charge >= 0.3 is 0 Å². The highest BCUT2D eigenvalue weighted by Gasteiger charge is 2.07. The van der Waals surface area contributed by atoms with E-state index in [4.69, 9.17) is 5.73 Å². The molecule has 2 N–H and O–H groups in total. The van der Waals surface area contributed by atoms with Crippen LogP contribution in [-0.4, -0.2) is 11.8 Å². The summed E-state index contributed by atoms with van der Waals surface area (Å²) in [7, 11) is 0. The number of hydrogen-bond donors (Lipinski definition) is 1. The van der Waals surface area contributed by atoms with Crippen molar-refractivity contribution in [1.29, 1.82) is 0 Å². The highest BCUT2D eigenvalue weighted by molar-refractivity contribution is 7.99. The average Bonchev–Trinajstić information content (AvgIpc) is 2.16. The normalized spacial score (nSPS) is 12.8. The van der Waals surface area contributed by atoms with E-state index >= 15 is 0 Å². The molecule has 1 aromatic carbocycles. The zero-order chi connectivity index (χ0) is 12.1. The maximum Gasteiger partial charge on any atom is 0.0192 e. The van der Waals surface area contributed by atoms with Gasteiger partial charge in [-0.15, -0.1) is 0 Å². The van der Waals surface area contributed by atoms with Crippen LogP contribution in [0.15, 0.2) is 12.1 Å². The Kier molecular flexibility index (Phi) is 5.36. The second-order valence-electron chi connectivity index (χ2n) is 4.58. The van der Waals surface area contributed by atoms with Crippen LogP contribution in [0.1, 0.15) is 35.6 Å². The highest BCUT2D eigenvalue weighted by Crippen LogP contribution is 2.25. The van der Waals surface area contributed by atoms with E-state index in [0.29, 0.717) is 5.25 Å². The van der Waals surface area contributed by atoms with Gasteiger partial charge in [0.25, 0.3) is 0 Å². The lowest BCUT2D eigenvalue weighted by atomic mass is 10.0. The summed E-state index contributed by atoms with van der Waals surface area (Å²) in [6, 6.07) is 4.55. The summed E-state index contributed by atoms with van der Waals surface area (Å²) in [5.41, 5.74) is 11.3. The van der Waals surface area contributed by atoms with Gasteiger partial charge in [0.15, 0.2) is 0 Å². The first kappa shape index (κ1) is 13.6. The van der Waals surface area contributed by atoms with E-state index in [0.717, 1.165) is 18.7 Å². The maximum absolute atomic E-state index is 5.56. The topological polar surface area (TPSA) is 26.0 Å². The number of rotatable bonds is 5. The van der Waals surface area contributed by atoms with Gasteiger partial charge in [-0.05, 0) is 50.4 Å². The summed E-state index contributed by atoms with van der Waals surface area (Å²) in [6.07, 6.45) is 1.11. The number of nitrogens with two attached hydrogens (primary N) is 1. The zero-order valence-electron chi connectivity index (χ0n) is 10.8. The monoisotopic (exact) mass is 237 g/mol. The minimum atomic E-state index is 0.658. The van der Waals surface area contributed by atoms with Crippen LogP contribution in [0.3, 0.4) is 0 Å². The third-order valence-corrected chi connectivity index (χ3v) is 4.19. The standard InChI is InChI=1S/C14H23NS/c1-10-7-11(2)14(12(3)8-10)9-16-13(4)5-6-15/h7-8,13H,5-6,9,15H2,1-4H3. The summed E-state index contributed by atoms with van der Waals surface area (Å²) < 4.78 is 0. The van der Waals surface area contributed by atoms with Crippen molar-refractivity contribution in [3.8, 4) is 0 Å². The van der Waals surface area contributed by atoms with Gasteiger partial charge in [-0.2, -0.15) is 11.8 Å². The lowest BCUT2D eigenvalue weighted by Gasteiger charge is -2.14. The van der Waals surface area contributed by atoms with Crippen molar-refractivity contribution in [3.63, 3.8) is 0 Å². The van der Waals surface area contributed by atoms with Crippen molar-refractivity contribution in [1.82, 2.24) is 0 Å². The molecule has 0 aromatic heterocycles. The zero-order valence-corrected chi connectivity index (χ0v) is 11.7. The Labute approximate surface area is 104 Å². The molecule has 90 valence electrons. The Hall–Kier alpha value is -0.470. The van der Waals surface area contributed by atoms with Crippen molar-refractivity contribution in [3.05, 3.63) is 34.4 Å². The summed E-state index contributed by atoms with van der Waals surface area (Å²) in [4.78, 5) is 0. The quantitative estimate of drug-likeness (QED) is 0.847. The molecule has 0 aliphatic rings. The smallest absolute Gasteiger partial charge is 0.0192 e. The average molecular weight is 237 g/mol. The first-order valence-corrected chi connectivity index (χ1v) is 6.98. The minimum Gasteiger partial charge on any atom is -0.330 e. The fourth-order valence-corrected chi connectivity index (χ4v) is 3.19. The molecule has 0 radical (unpaired) electrons. The van der Waals surface area contributed by atoms with Crippen LogP contribution < -0.4 is 5.73 Å². The van der Waals surface area contributed by atoms with Crippen LogP contribution in [0.4, 0.5) is 0 Å². The van der Waals surface area contributed by atoms with Gasteiger partial charge in [0.05, 0.1) is 0 Å². The Balaban J connectivity index is 2.67. The molecule has 1 rings (SSSR count). The molecular formula is C14H23NS. The molecule has 1 atom stereocenters. The predicted octanol–water partition coefficient (Wildman–Crippen LogP) is 3.58. The van der Waals surface area contributed by atoms with Crippen molar-refractivity contribution in [2.24, 2.45) is 5.73 Å². The van der Waals surface area contributed by atoms with E-state index in [1.807, 2.05) is 11.8 Å². The molecule has 2 heteroatoms. The molecule has 0 amide bonds. The summed E-state index contributed by atoms with van der Waals surface area (Å²) in [5, 5.41) is 0.658. The van der Waals surface area contributed by atoms with Crippen LogP contribution in [-0.2, 0) is 5.75 Å². The van der Waals surface area contributed by atoms with E-state index in [2.05, 4.69) is 39.8 Å². The van der Waals surface area contributed by atoms with E-state index in [1.165, 1.54) is 22.3 Å². The predicted molar refractivity (Wildman–Crippen MR) is 75.1 cm³/mol. The van der Waals surface area contributed by atoms with Gasteiger partial charge in [-0.1, -0.05) is 24.6 Å². The van der Waals surface area contributed by atoms with Gasteiger partial charge in [0.1, 0.15) is 0 Å². The fourth-order valence-electron chi connectivity index (χ4n) is 1.98. The molecule has 0 aliphatic heterocycles. The Morgan fingerprint density at radius 1 is 1.19 bits per heavy atom. The second kappa shape index (κ2) is 6.31. The molecule has 0 heterocycles. The number of benzene rings is 1. The van der Waals surface area contributed by atoms with E-state index < -0.39 is 0 Å². The molecule has 0 fully saturated rings. The van der Waals surface area contributed by atoms with Crippen LogP contribution in [0.25, 0.3) is 0 Å². The van der Waals surface area contributed by atoms with Crippen molar-refractivity contribution in [2.45, 2.75) is 45.1 Å². The number of thioether (sulfide) groups is 1. The Morgan fingerprint density at radius 3 is 2.25 bits per heavy atom. The van der Waals surface area contributed by atoms with Gasteiger partial charge in [0, 0.05) is 11.0 Å². The molecule has 0 aliphatic carbocycles. The number of aryl methyl sites for hydroxylation is 3. The van der Waals surface area contributed by atoms with Crippen molar-refractivity contribution >= 4 is 11.8 Å². The molecule has 0 bridgehead atoms. The maximum atomic E-state index is 5.56. The van der Waals surface area contributed by atoms with Crippen LogP contribution in [0.2, 0.25) is 0 Å². The minimum absolute atomic E-state index is 0.658. The highest BCUT2D eigenvalue weighted by atomic mass is 32.2. The summed E-state index contributed by atoms with van der Waals surface area (Å²) in [5.74, 6) is 1.11. The molecule has 16 heavy (non-hydrogen) atoms. The van der Waals surface area contributed by atoms with E-state index in [1.54, 1.807) is 0 Å². The fraction of sp³-hybridized carbons (Fsp3) is 0.571.